The van der Waals surface area contributed by atoms with Crippen molar-refractivity contribution in [1.82, 2.24) is 10.2 Å². The molecule has 1 saturated heterocycles. The minimum atomic E-state index is -0.729. The fourth-order valence-electron chi connectivity index (χ4n) is 2.42. The van der Waals surface area contributed by atoms with Crippen LogP contribution in [0.3, 0.4) is 0 Å². The van der Waals surface area contributed by atoms with Gasteiger partial charge in [-0.2, -0.15) is 0 Å². The second kappa shape index (κ2) is 7.43. The van der Waals surface area contributed by atoms with Crippen LogP contribution in [0.2, 0.25) is 0 Å². The number of rotatable bonds is 4. The summed E-state index contributed by atoms with van der Waals surface area (Å²) < 4.78 is 16.3. The molecule has 1 aromatic carbocycles. The maximum atomic E-state index is 11.9. The van der Waals surface area contributed by atoms with Gasteiger partial charge in [-0.3, -0.25) is 4.90 Å². The molecule has 0 radical (unpaired) electrons. The number of amides is 2. The van der Waals surface area contributed by atoms with Crippen molar-refractivity contribution in [2.24, 2.45) is 5.73 Å². The number of carbonyl (C=O) groups excluding carboxylic acids is 2. The van der Waals surface area contributed by atoms with Crippen molar-refractivity contribution in [1.29, 1.82) is 0 Å². The Kier molecular flexibility index (Phi) is 5.09. The number of hydrogen-bond donors (Lipinski definition) is 2. The van der Waals surface area contributed by atoms with Crippen LogP contribution < -0.4 is 11.1 Å². The summed E-state index contributed by atoms with van der Waals surface area (Å²) in [4.78, 5) is 25.3. The molecule has 0 aromatic heterocycles. The summed E-state index contributed by atoms with van der Waals surface area (Å²) >= 11 is 0. The summed E-state index contributed by atoms with van der Waals surface area (Å²) in [6.07, 6.45) is 2.03. The third-order valence-corrected chi connectivity index (χ3v) is 3.63. The van der Waals surface area contributed by atoms with Crippen LogP contribution in [0.5, 0.6) is 0 Å². The third-order valence-electron chi connectivity index (χ3n) is 3.63. The van der Waals surface area contributed by atoms with Crippen LogP contribution in [0.15, 0.2) is 42.6 Å². The highest BCUT2D eigenvalue weighted by molar-refractivity contribution is 5.89. The Morgan fingerprint density at radius 3 is 2.92 bits per heavy atom. The average molecular weight is 333 g/mol. The van der Waals surface area contributed by atoms with E-state index < -0.39 is 24.7 Å². The highest BCUT2D eigenvalue weighted by atomic mass is 16.7. The number of nitrogens with two attached hydrogens (primary N) is 1. The molecule has 3 rings (SSSR count). The zero-order chi connectivity index (χ0) is 16.9. The highest BCUT2D eigenvalue weighted by Gasteiger charge is 2.32. The van der Waals surface area contributed by atoms with E-state index in [0.717, 1.165) is 0 Å². The number of ether oxygens (including phenoxy) is 3. The van der Waals surface area contributed by atoms with Gasteiger partial charge in [0.25, 0.3) is 0 Å². The molecule has 2 aliphatic heterocycles. The molecule has 0 saturated carbocycles. The summed E-state index contributed by atoms with van der Waals surface area (Å²) in [5.74, 6) is -0.452. The quantitative estimate of drug-likeness (QED) is 0.789. The molecule has 8 nitrogen and oxygen atoms in total. The Morgan fingerprint density at radius 1 is 1.38 bits per heavy atom. The molecule has 1 aromatic rings. The number of esters is 1. The van der Waals surface area contributed by atoms with Gasteiger partial charge in [-0.15, -0.1) is 0 Å². The Balaban J connectivity index is 1.53. The number of nitrogens with one attached hydrogen (secondary N) is 1. The molecule has 128 valence electrons. The zero-order valence-corrected chi connectivity index (χ0v) is 13.0. The van der Waals surface area contributed by atoms with Gasteiger partial charge in [0, 0.05) is 12.6 Å². The Hall–Kier alpha value is -2.42. The van der Waals surface area contributed by atoms with Crippen molar-refractivity contribution >= 4 is 12.0 Å². The highest BCUT2D eigenvalue weighted by Crippen LogP contribution is 2.19. The van der Waals surface area contributed by atoms with Crippen LogP contribution in [0.4, 0.5) is 4.79 Å². The number of carbonyl (C=O) groups is 2. The molecule has 2 amide bonds. The summed E-state index contributed by atoms with van der Waals surface area (Å²) in [6, 6.07) is 8.33. The summed E-state index contributed by atoms with van der Waals surface area (Å²) in [5.41, 5.74) is 6.07. The zero-order valence-electron chi connectivity index (χ0n) is 13.0. The smallest absolute Gasteiger partial charge is 0.338 e. The van der Waals surface area contributed by atoms with E-state index in [1.54, 1.807) is 36.5 Å². The topological polar surface area (TPSA) is 103 Å². The lowest BCUT2D eigenvalue weighted by molar-refractivity contribution is -0.246. The van der Waals surface area contributed by atoms with Crippen molar-refractivity contribution in [2.45, 2.75) is 25.1 Å². The van der Waals surface area contributed by atoms with E-state index in [9.17, 15) is 9.59 Å². The van der Waals surface area contributed by atoms with Crippen LogP contribution in [-0.2, 0) is 14.2 Å². The molecule has 0 aliphatic carbocycles. The maximum Gasteiger partial charge on any atom is 0.338 e. The van der Waals surface area contributed by atoms with Crippen molar-refractivity contribution in [2.75, 3.05) is 13.2 Å². The van der Waals surface area contributed by atoms with Gasteiger partial charge < -0.3 is 25.3 Å². The van der Waals surface area contributed by atoms with E-state index in [2.05, 4.69) is 5.32 Å². The standard InChI is InChI=1S/C16H19N3O5/c17-12-6-8-19(16(21)18-12)13-7-9-22-14(24-13)10-23-15(20)11-4-2-1-3-5-11/h1-6,8,12-14H,7,9-10,17H2,(H,18,21)/t12?,13-,14-/m0/s1. The SMILES string of the molecule is NC1C=CN([C@@H]2CCO[C@H](COC(=O)c3ccccc3)O2)C(=O)N1. The van der Waals surface area contributed by atoms with Gasteiger partial charge in [-0.05, 0) is 18.2 Å². The first kappa shape index (κ1) is 16.4. The number of nitrogens with zero attached hydrogens (tertiary/aromatic N) is 1. The molecule has 0 bridgehead atoms. The molecule has 24 heavy (non-hydrogen) atoms. The van der Waals surface area contributed by atoms with Gasteiger partial charge in [-0.25, -0.2) is 9.59 Å². The van der Waals surface area contributed by atoms with Gasteiger partial charge in [0.1, 0.15) is 12.8 Å². The molecule has 3 atom stereocenters. The molecule has 0 spiro atoms. The van der Waals surface area contributed by atoms with Crippen molar-refractivity contribution in [3.8, 4) is 0 Å². The van der Waals surface area contributed by atoms with E-state index in [-0.39, 0.29) is 12.6 Å². The normalized spacial score (nSPS) is 26.8. The first-order valence-corrected chi connectivity index (χ1v) is 7.65. The van der Waals surface area contributed by atoms with Gasteiger partial charge in [-0.1, -0.05) is 18.2 Å². The van der Waals surface area contributed by atoms with Gasteiger partial charge in [0.05, 0.1) is 18.3 Å². The monoisotopic (exact) mass is 333 g/mol. The van der Waals surface area contributed by atoms with Crippen molar-refractivity contribution in [3.05, 3.63) is 48.2 Å². The Bertz CT molecular complexity index is 621. The maximum absolute atomic E-state index is 11.9. The molecule has 1 unspecified atom stereocenters. The van der Waals surface area contributed by atoms with Crippen LogP contribution in [0, 0.1) is 0 Å². The second-order valence-electron chi connectivity index (χ2n) is 5.37. The van der Waals surface area contributed by atoms with Crippen molar-refractivity contribution < 1.29 is 23.8 Å². The van der Waals surface area contributed by atoms with Gasteiger partial charge >= 0.3 is 12.0 Å². The van der Waals surface area contributed by atoms with Crippen LogP contribution in [0.1, 0.15) is 16.8 Å². The fourth-order valence-corrected chi connectivity index (χ4v) is 2.42. The van der Waals surface area contributed by atoms with E-state index in [1.807, 2.05) is 6.07 Å². The molecule has 2 aliphatic rings. The first-order valence-electron chi connectivity index (χ1n) is 7.65. The van der Waals surface area contributed by atoms with E-state index in [4.69, 9.17) is 19.9 Å². The minimum absolute atomic E-state index is 0.0527. The van der Waals surface area contributed by atoms with E-state index >= 15 is 0 Å². The van der Waals surface area contributed by atoms with E-state index in [1.165, 1.54) is 4.90 Å². The third kappa shape index (κ3) is 3.91. The number of hydrogen-bond acceptors (Lipinski definition) is 6. The lowest BCUT2D eigenvalue weighted by Gasteiger charge is -2.37. The molecule has 2 heterocycles. The molecule has 8 heteroatoms. The second-order valence-corrected chi connectivity index (χ2v) is 5.37. The van der Waals surface area contributed by atoms with Gasteiger partial charge in [0.15, 0.2) is 6.29 Å². The van der Waals surface area contributed by atoms with Crippen LogP contribution >= 0.6 is 0 Å². The average Bonchev–Trinajstić information content (AvgIpc) is 2.60. The predicted octanol–water partition coefficient (Wildman–Crippen LogP) is 0.756. The van der Waals surface area contributed by atoms with Crippen molar-refractivity contribution in [3.63, 3.8) is 0 Å². The fraction of sp³-hybridized carbons (Fsp3) is 0.375. The molecule has 3 N–H and O–H groups in total. The van der Waals surface area contributed by atoms with Gasteiger partial charge in [0.2, 0.25) is 0 Å². The summed E-state index contributed by atoms with van der Waals surface area (Å²) in [5, 5.41) is 2.58. The lowest BCUT2D eigenvalue weighted by atomic mass is 10.2. The van der Waals surface area contributed by atoms with Crippen LogP contribution in [0.25, 0.3) is 0 Å². The molecular formula is C16H19N3O5. The molecular weight excluding hydrogens is 314 g/mol. The summed E-state index contributed by atoms with van der Waals surface area (Å²) in [6.45, 7) is 0.338. The number of urea groups is 1. The largest absolute Gasteiger partial charge is 0.457 e. The number of benzene rings is 1. The minimum Gasteiger partial charge on any atom is -0.457 e. The van der Waals surface area contributed by atoms with E-state index in [0.29, 0.717) is 18.6 Å². The predicted molar refractivity (Wildman–Crippen MR) is 83.4 cm³/mol. The first-order chi connectivity index (χ1) is 11.6. The molecule has 1 fully saturated rings. The van der Waals surface area contributed by atoms with Crippen LogP contribution in [-0.4, -0.2) is 48.8 Å². The lowest BCUT2D eigenvalue weighted by Crippen LogP contribution is -2.55. The summed E-state index contributed by atoms with van der Waals surface area (Å²) in [7, 11) is 0. The Labute approximate surface area is 139 Å². The Morgan fingerprint density at radius 2 is 2.17 bits per heavy atom.